The van der Waals surface area contributed by atoms with Gasteiger partial charge in [-0.1, -0.05) is 20.3 Å². The second kappa shape index (κ2) is 6.66. The lowest BCUT2D eigenvalue weighted by atomic mass is 9.75. The third-order valence-corrected chi connectivity index (χ3v) is 7.65. The zero-order valence-electron chi connectivity index (χ0n) is 12.7. The fraction of sp³-hybridized carbons (Fsp3) is 0.714. The first-order valence-electron chi connectivity index (χ1n) is 7.19. The molecular formula is C14H23BrN2O2S2. The molecule has 0 spiro atoms. The van der Waals surface area contributed by atoms with Gasteiger partial charge in [-0.2, -0.15) is 0 Å². The van der Waals surface area contributed by atoms with Crippen molar-refractivity contribution in [2.75, 3.05) is 7.05 Å². The van der Waals surface area contributed by atoms with Crippen LogP contribution in [0.1, 0.15) is 44.4 Å². The smallest absolute Gasteiger partial charge is 0.242 e. The maximum absolute atomic E-state index is 12.6. The molecule has 2 N–H and O–H groups in total. The average Bonchev–Trinajstić information content (AvgIpc) is 2.69. The Labute approximate surface area is 139 Å². The number of sulfonamides is 1. The lowest BCUT2D eigenvalue weighted by Crippen LogP contribution is -2.40. The lowest BCUT2D eigenvalue weighted by molar-refractivity contribution is 0.212. The Bertz CT molecular complexity index is 596. The molecule has 0 saturated heterocycles. The van der Waals surface area contributed by atoms with Gasteiger partial charge < -0.3 is 5.32 Å². The first-order chi connectivity index (χ1) is 9.73. The molecular weight excluding hydrogens is 372 g/mol. The van der Waals surface area contributed by atoms with Gasteiger partial charge in [0.2, 0.25) is 10.0 Å². The van der Waals surface area contributed by atoms with Crippen LogP contribution in [-0.2, 0) is 16.6 Å². The van der Waals surface area contributed by atoms with Crippen LogP contribution < -0.4 is 10.0 Å². The van der Waals surface area contributed by atoms with E-state index < -0.39 is 10.0 Å². The van der Waals surface area contributed by atoms with E-state index in [1.807, 2.05) is 7.05 Å². The summed E-state index contributed by atoms with van der Waals surface area (Å²) in [4.78, 5) is 1.37. The Balaban J connectivity index is 2.15. The quantitative estimate of drug-likeness (QED) is 0.803. The van der Waals surface area contributed by atoms with Crippen molar-refractivity contribution < 1.29 is 8.42 Å². The van der Waals surface area contributed by atoms with Gasteiger partial charge in [-0.3, -0.25) is 0 Å². The summed E-state index contributed by atoms with van der Waals surface area (Å²) in [7, 11) is -1.60. The second-order valence-electron chi connectivity index (χ2n) is 6.46. The van der Waals surface area contributed by atoms with Crippen molar-refractivity contribution in [2.24, 2.45) is 5.41 Å². The van der Waals surface area contributed by atoms with Gasteiger partial charge in [0.1, 0.15) is 4.90 Å². The molecule has 1 aromatic rings. The van der Waals surface area contributed by atoms with E-state index in [0.29, 0.717) is 15.2 Å². The summed E-state index contributed by atoms with van der Waals surface area (Å²) >= 11 is 4.84. The zero-order chi connectivity index (χ0) is 15.7. The number of thiophene rings is 1. The third-order valence-electron chi connectivity index (χ3n) is 3.87. The zero-order valence-corrected chi connectivity index (χ0v) is 15.9. The van der Waals surface area contributed by atoms with E-state index in [0.717, 1.165) is 24.1 Å². The van der Waals surface area contributed by atoms with Gasteiger partial charge in [0.25, 0.3) is 0 Å². The highest BCUT2D eigenvalue weighted by atomic mass is 79.9. The molecule has 120 valence electrons. The van der Waals surface area contributed by atoms with Gasteiger partial charge in [-0.15, -0.1) is 11.3 Å². The van der Waals surface area contributed by atoms with Crippen LogP contribution in [0, 0.1) is 5.41 Å². The van der Waals surface area contributed by atoms with Gasteiger partial charge in [0, 0.05) is 17.5 Å². The van der Waals surface area contributed by atoms with Crippen LogP contribution in [0.3, 0.4) is 0 Å². The molecule has 1 atom stereocenters. The molecule has 1 aliphatic rings. The van der Waals surface area contributed by atoms with Gasteiger partial charge in [0.05, 0.1) is 3.79 Å². The highest BCUT2D eigenvalue weighted by Crippen LogP contribution is 2.37. The van der Waals surface area contributed by atoms with E-state index in [1.165, 1.54) is 17.8 Å². The Morgan fingerprint density at radius 2 is 2.19 bits per heavy atom. The molecule has 1 saturated carbocycles. The SMILES string of the molecule is CNCc1cc(S(=O)(=O)NC2CCCC(C)(C)C2)c(Br)s1. The minimum absolute atomic E-state index is 0.0401. The summed E-state index contributed by atoms with van der Waals surface area (Å²) in [5.74, 6) is 0. The maximum Gasteiger partial charge on any atom is 0.242 e. The maximum atomic E-state index is 12.6. The summed E-state index contributed by atoms with van der Waals surface area (Å²) in [6, 6.07) is 1.79. The molecule has 0 aliphatic heterocycles. The first kappa shape index (κ1) is 17.4. The molecule has 7 heteroatoms. The fourth-order valence-electron chi connectivity index (χ4n) is 2.92. The van der Waals surface area contributed by atoms with Gasteiger partial charge in [0.15, 0.2) is 0 Å². The van der Waals surface area contributed by atoms with Crippen molar-refractivity contribution in [3.05, 3.63) is 14.7 Å². The van der Waals surface area contributed by atoms with Crippen molar-refractivity contribution >= 4 is 37.3 Å². The highest BCUT2D eigenvalue weighted by Gasteiger charge is 2.31. The Morgan fingerprint density at radius 3 is 2.81 bits per heavy atom. The molecule has 4 nitrogen and oxygen atoms in total. The van der Waals surface area contributed by atoms with E-state index in [1.54, 1.807) is 6.07 Å². The first-order valence-corrected chi connectivity index (χ1v) is 10.3. The minimum atomic E-state index is -3.45. The number of nitrogens with one attached hydrogen (secondary N) is 2. The van der Waals surface area contributed by atoms with Gasteiger partial charge in [-0.25, -0.2) is 13.1 Å². The van der Waals surface area contributed by atoms with Crippen molar-refractivity contribution in [1.29, 1.82) is 0 Å². The molecule has 1 unspecified atom stereocenters. The Morgan fingerprint density at radius 1 is 1.48 bits per heavy atom. The number of halogens is 1. The predicted octanol–water partition coefficient (Wildman–Crippen LogP) is 3.48. The van der Waals surface area contributed by atoms with Crippen LogP contribution in [0.2, 0.25) is 0 Å². The normalized spacial score (nSPS) is 22.4. The highest BCUT2D eigenvalue weighted by molar-refractivity contribution is 9.11. The molecule has 0 aromatic carbocycles. The molecule has 1 heterocycles. The molecule has 2 rings (SSSR count). The van der Waals surface area contributed by atoms with E-state index >= 15 is 0 Å². The number of hydrogen-bond donors (Lipinski definition) is 2. The minimum Gasteiger partial charge on any atom is -0.315 e. The van der Waals surface area contributed by atoms with E-state index in [9.17, 15) is 8.42 Å². The monoisotopic (exact) mass is 394 g/mol. The van der Waals surface area contributed by atoms with Gasteiger partial charge >= 0.3 is 0 Å². The molecule has 1 fully saturated rings. The molecule has 0 bridgehead atoms. The van der Waals surface area contributed by atoms with E-state index in [-0.39, 0.29) is 11.5 Å². The van der Waals surface area contributed by atoms with Crippen LogP contribution in [0.5, 0.6) is 0 Å². The number of rotatable bonds is 5. The molecule has 1 aromatic heterocycles. The van der Waals surface area contributed by atoms with Crippen molar-refractivity contribution in [3.8, 4) is 0 Å². The van der Waals surface area contributed by atoms with Crippen LogP contribution in [-0.4, -0.2) is 21.5 Å². The second-order valence-corrected chi connectivity index (χ2v) is 10.6. The average molecular weight is 395 g/mol. The fourth-order valence-corrected chi connectivity index (χ4v) is 6.89. The topological polar surface area (TPSA) is 58.2 Å². The lowest BCUT2D eigenvalue weighted by Gasteiger charge is -2.35. The van der Waals surface area contributed by atoms with Crippen LogP contribution >= 0.6 is 27.3 Å². The van der Waals surface area contributed by atoms with Crippen molar-refractivity contribution in [2.45, 2.75) is 57.0 Å². The summed E-state index contributed by atoms with van der Waals surface area (Å²) < 4.78 is 28.8. The Hall–Kier alpha value is 0.0500. The molecule has 0 amide bonds. The molecule has 0 radical (unpaired) electrons. The summed E-state index contributed by atoms with van der Waals surface area (Å²) in [5.41, 5.74) is 0.217. The van der Waals surface area contributed by atoms with Gasteiger partial charge in [-0.05, 0) is 53.7 Å². The third kappa shape index (κ3) is 4.51. The van der Waals surface area contributed by atoms with Crippen LogP contribution in [0.15, 0.2) is 14.7 Å². The van der Waals surface area contributed by atoms with Crippen molar-refractivity contribution in [3.63, 3.8) is 0 Å². The Kier molecular flexibility index (Phi) is 5.52. The molecule has 21 heavy (non-hydrogen) atoms. The molecule has 1 aliphatic carbocycles. The standard InChI is InChI=1S/C14H23BrN2O2S2/c1-14(2)6-4-5-10(8-14)17-21(18,19)12-7-11(9-16-3)20-13(12)15/h7,10,16-17H,4-6,8-9H2,1-3H3. The summed E-state index contributed by atoms with van der Waals surface area (Å²) in [6.07, 6.45) is 4.07. The predicted molar refractivity (Wildman–Crippen MR) is 91.1 cm³/mol. The van der Waals surface area contributed by atoms with Crippen molar-refractivity contribution in [1.82, 2.24) is 10.0 Å². The van der Waals surface area contributed by atoms with E-state index in [4.69, 9.17) is 0 Å². The van der Waals surface area contributed by atoms with Crippen LogP contribution in [0.25, 0.3) is 0 Å². The van der Waals surface area contributed by atoms with E-state index in [2.05, 4.69) is 39.8 Å². The summed E-state index contributed by atoms with van der Waals surface area (Å²) in [5, 5.41) is 3.04. The summed E-state index contributed by atoms with van der Waals surface area (Å²) in [6.45, 7) is 5.09. The van der Waals surface area contributed by atoms with Crippen LogP contribution in [0.4, 0.5) is 0 Å². The number of hydrogen-bond acceptors (Lipinski definition) is 4. The largest absolute Gasteiger partial charge is 0.315 e.